The molecule has 2 atom stereocenters. The average Bonchev–Trinajstić information content (AvgIpc) is 2.60. The number of carbonyl (C=O) groups excluding carboxylic acids is 1. The zero-order valence-corrected chi connectivity index (χ0v) is 14.4. The minimum Gasteiger partial charge on any atom is -0.496 e. The number of hydrogen-bond acceptors (Lipinski definition) is 3. The molecule has 2 rings (SSSR count). The Balaban J connectivity index is 1.96. The molecule has 1 N–H and O–H groups in total. The number of ether oxygens (including phenoxy) is 1. The Labute approximate surface area is 143 Å². The van der Waals surface area contributed by atoms with Crippen LogP contribution in [0.25, 0.3) is 0 Å². The predicted molar refractivity (Wildman–Crippen MR) is 92.5 cm³/mol. The summed E-state index contributed by atoms with van der Waals surface area (Å²) in [6, 6.07) is 13.5. The Hall–Kier alpha value is -2.21. The molecule has 2 aromatic rings. The van der Waals surface area contributed by atoms with Gasteiger partial charge in [0, 0.05) is 22.9 Å². The maximum absolute atomic E-state index is 13.4. The minimum absolute atomic E-state index is 0.0564. The molecule has 0 saturated heterocycles. The van der Waals surface area contributed by atoms with Crippen molar-refractivity contribution in [3.8, 4) is 5.75 Å². The van der Waals surface area contributed by atoms with Crippen molar-refractivity contribution in [1.29, 1.82) is 0 Å². The average molecular weight is 349 g/mol. The van der Waals surface area contributed by atoms with Crippen LogP contribution in [-0.4, -0.2) is 22.5 Å². The van der Waals surface area contributed by atoms with E-state index in [2.05, 4.69) is 5.32 Å². The lowest BCUT2D eigenvalue weighted by molar-refractivity contribution is -0.120. The number of methoxy groups -OCH3 is 1. The minimum atomic E-state index is -1.48. The van der Waals surface area contributed by atoms with E-state index < -0.39 is 21.9 Å². The van der Waals surface area contributed by atoms with Gasteiger partial charge in [-0.1, -0.05) is 30.3 Å². The molecule has 0 unspecified atom stereocenters. The van der Waals surface area contributed by atoms with Gasteiger partial charge in [-0.2, -0.15) is 0 Å². The van der Waals surface area contributed by atoms with E-state index in [1.807, 2.05) is 30.3 Å². The van der Waals surface area contributed by atoms with Crippen molar-refractivity contribution in [3.63, 3.8) is 0 Å². The van der Waals surface area contributed by atoms with Crippen LogP contribution in [0, 0.1) is 5.82 Å². The number of amides is 1. The lowest BCUT2D eigenvalue weighted by Crippen LogP contribution is -2.35. The van der Waals surface area contributed by atoms with Crippen LogP contribution in [0.5, 0.6) is 5.75 Å². The van der Waals surface area contributed by atoms with Crippen LogP contribution in [0.3, 0.4) is 0 Å². The summed E-state index contributed by atoms with van der Waals surface area (Å²) < 4.78 is 30.9. The third-order valence-electron chi connectivity index (χ3n) is 3.61. The molecule has 0 spiro atoms. The van der Waals surface area contributed by atoms with Crippen molar-refractivity contribution in [1.82, 2.24) is 5.32 Å². The number of hydrogen-bond donors (Lipinski definition) is 1. The SMILES string of the molecule is COc1ccc(F)cc1C[S@](=O)[C@H](C)C(=O)NCc1ccccc1. The third-order valence-corrected chi connectivity index (χ3v) is 5.21. The normalized spacial score (nSPS) is 13.1. The van der Waals surface area contributed by atoms with Crippen LogP contribution in [0.2, 0.25) is 0 Å². The number of nitrogens with one attached hydrogen (secondary N) is 1. The molecule has 0 radical (unpaired) electrons. The van der Waals surface area contributed by atoms with Gasteiger partial charge in [0.1, 0.15) is 16.8 Å². The topological polar surface area (TPSA) is 55.4 Å². The van der Waals surface area contributed by atoms with Crippen LogP contribution in [0.15, 0.2) is 48.5 Å². The standard InChI is InChI=1S/C18H20FNO3S/c1-13(18(21)20-11-14-6-4-3-5-7-14)24(22)12-15-10-16(19)8-9-17(15)23-2/h3-10,13H,11-12H2,1-2H3,(H,20,21)/t13-,24+/m1/s1. The second kappa shape index (κ2) is 8.59. The number of rotatable bonds is 7. The van der Waals surface area contributed by atoms with Crippen LogP contribution in [0.1, 0.15) is 18.1 Å². The molecule has 0 aliphatic heterocycles. The van der Waals surface area contributed by atoms with E-state index in [4.69, 9.17) is 4.74 Å². The van der Waals surface area contributed by atoms with Crippen LogP contribution >= 0.6 is 0 Å². The Kier molecular flexibility index (Phi) is 6.49. The molecular weight excluding hydrogens is 329 g/mol. The molecule has 0 heterocycles. The van der Waals surface area contributed by atoms with Crippen molar-refractivity contribution in [2.24, 2.45) is 0 Å². The van der Waals surface area contributed by atoms with Crippen LogP contribution < -0.4 is 10.1 Å². The second-order valence-corrected chi connectivity index (χ2v) is 7.08. The summed E-state index contributed by atoms with van der Waals surface area (Å²) >= 11 is 0. The first-order chi connectivity index (χ1) is 11.5. The van der Waals surface area contributed by atoms with E-state index in [-0.39, 0.29) is 11.7 Å². The van der Waals surface area contributed by atoms with E-state index >= 15 is 0 Å². The smallest absolute Gasteiger partial charge is 0.235 e. The molecule has 2 aromatic carbocycles. The van der Waals surface area contributed by atoms with Gasteiger partial charge in [-0.3, -0.25) is 9.00 Å². The van der Waals surface area contributed by atoms with Gasteiger partial charge < -0.3 is 10.1 Å². The van der Waals surface area contributed by atoms with Gasteiger partial charge in [-0.25, -0.2) is 4.39 Å². The fourth-order valence-corrected chi connectivity index (χ4v) is 3.29. The van der Waals surface area contributed by atoms with Crippen molar-refractivity contribution in [2.45, 2.75) is 24.5 Å². The maximum atomic E-state index is 13.4. The Bertz CT molecular complexity index is 721. The largest absolute Gasteiger partial charge is 0.496 e. The van der Waals surface area contributed by atoms with Crippen molar-refractivity contribution in [3.05, 3.63) is 65.5 Å². The highest BCUT2D eigenvalue weighted by Crippen LogP contribution is 2.21. The Morgan fingerprint density at radius 2 is 1.96 bits per heavy atom. The van der Waals surface area contributed by atoms with E-state index in [9.17, 15) is 13.4 Å². The molecule has 0 saturated carbocycles. The summed E-state index contributed by atoms with van der Waals surface area (Å²) in [7, 11) is -0.0147. The van der Waals surface area contributed by atoms with E-state index in [0.29, 0.717) is 17.9 Å². The van der Waals surface area contributed by atoms with Crippen molar-refractivity contribution in [2.75, 3.05) is 7.11 Å². The van der Waals surface area contributed by atoms with Gasteiger partial charge in [-0.15, -0.1) is 0 Å². The zero-order chi connectivity index (χ0) is 17.5. The quantitative estimate of drug-likeness (QED) is 0.836. The first kappa shape index (κ1) is 18.1. The molecular formula is C18H20FNO3S. The van der Waals surface area contributed by atoms with Gasteiger partial charge in [0.15, 0.2) is 0 Å². The Morgan fingerprint density at radius 1 is 1.25 bits per heavy atom. The highest BCUT2D eigenvalue weighted by atomic mass is 32.2. The zero-order valence-electron chi connectivity index (χ0n) is 13.6. The third kappa shape index (κ3) is 4.89. The first-order valence-corrected chi connectivity index (χ1v) is 8.90. The lowest BCUT2D eigenvalue weighted by atomic mass is 10.2. The number of carbonyl (C=O) groups is 1. The number of halogens is 1. The summed E-state index contributed by atoms with van der Waals surface area (Å²) in [6.07, 6.45) is 0. The molecule has 0 aromatic heterocycles. The highest BCUT2D eigenvalue weighted by molar-refractivity contribution is 7.85. The summed E-state index contributed by atoms with van der Waals surface area (Å²) in [6.45, 7) is 1.98. The number of benzene rings is 2. The molecule has 128 valence electrons. The molecule has 0 fully saturated rings. The summed E-state index contributed by atoms with van der Waals surface area (Å²) in [5, 5.41) is 2.06. The van der Waals surface area contributed by atoms with E-state index in [1.165, 1.54) is 25.3 Å². The fourth-order valence-electron chi connectivity index (χ4n) is 2.19. The summed E-state index contributed by atoms with van der Waals surface area (Å²) in [5.41, 5.74) is 1.45. The molecule has 4 nitrogen and oxygen atoms in total. The molecule has 24 heavy (non-hydrogen) atoms. The molecule has 6 heteroatoms. The fraction of sp³-hybridized carbons (Fsp3) is 0.278. The van der Waals surface area contributed by atoms with Crippen LogP contribution in [-0.2, 0) is 27.9 Å². The predicted octanol–water partition coefficient (Wildman–Crippen LogP) is 2.79. The summed E-state index contributed by atoms with van der Waals surface area (Å²) in [4.78, 5) is 12.2. The van der Waals surface area contributed by atoms with Crippen molar-refractivity contribution < 1.29 is 18.1 Å². The second-order valence-electron chi connectivity index (χ2n) is 5.33. The van der Waals surface area contributed by atoms with Gasteiger partial charge in [0.25, 0.3) is 0 Å². The molecule has 0 aliphatic carbocycles. The monoisotopic (exact) mass is 349 g/mol. The van der Waals surface area contributed by atoms with Gasteiger partial charge in [0.2, 0.25) is 5.91 Å². The van der Waals surface area contributed by atoms with Gasteiger partial charge in [0.05, 0.1) is 12.9 Å². The maximum Gasteiger partial charge on any atom is 0.235 e. The molecule has 1 amide bonds. The van der Waals surface area contributed by atoms with E-state index in [1.54, 1.807) is 6.92 Å². The van der Waals surface area contributed by atoms with Crippen molar-refractivity contribution >= 4 is 16.7 Å². The lowest BCUT2D eigenvalue weighted by Gasteiger charge is -2.14. The molecule has 0 aliphatic rings. The van der Waals surface area contributed by atoms with Gasteiger partial charge in [-0.05, 0) is 30.7 Å². The first-order valence-electron chi connectivity index (χ1n) is 7.52. The Morgan fingerprint density at radius 3 is 2.62 bits per heavy atom. The molecule has 0 bridgehead atoms. The van der Waals surface area contributed by atoms with Gasteiger partial charge >= 0.3 is 0 Å². The highest BCUT2D eigenvalue weighted by Gasteiger charge is 2.21. The summed E-state index contributed by atoms with van der Waals surface area (Å²) in [5.74, 6) is -0.209. The van der Waals surface area contributed by atoms with Crippen LogP contribution in [0.4, 0.5) is 4.39 Å². The van der Waals surface area contributed by atoms with E-state index in [0.717, 1.165) is 5.56 Å².